The number of aromatic nitrogens is 3. The highest BCUT2D eigenvalue weighted by Gasteiger charge is 2.02. The summed E-state index contributed by atoms with van der Waals surface area (Å²) in [7, 11) is 0. The van der Waals surface area contributed by atoms with Crippen molar-refractivity contribution in [2.24, 2.45) is 0 Å². The monoisotopic (exact) mass is 155 g/mol. The summed E-state index contributed by atoms with van der Waals surface area (Å²) in [5, 5.41) is 13.2. The molecule has 1 rings (SSSR count). The maximum absolute atomic E-state index is 9.33. The molecule has 0 saturated heterocycles. The predicted octanol–water partition coefficient (Wildman–Crippen LogP) is 0.439. The molecule has 0 amide bonds. The quantitative estimate of drug-likeness (QED) is 0.686. The van der Waals surface area contributed by atoms with Gasteiger partial charge >= 0.3 is 0 Å². The molecular formula is C7H13N3O. The molecule has 0 aliphatic rings. The van der Waals surface area contributed by atoms with Gasteiger partial charge in [-0.15, -0.1) is 0 Å². The zero-order valence-electron chi connectivity index (χ0n) is 6.64. The molecule has 62 valence electrons. The zero-order chi connectivity index (χ0) is 8.10. The van der Waals surface area contributed by atoms with Gasteiger partial charge < -0.3 is 5.11 Å². The molecule has 1 aromatic rings. The van der Waals surface area contributed by atoms with E-state index in [1.54, 1.807) is 11.0 Å². The third kappa shape index (κ3) is 2.67. The number of aliphatic hydroxyl groups is 1. The van der Waals surface area contributed by atoms with Crippen molar-refractivity contribution in [3.8, 4) is 0 Å². The lowest BCUT2D eigenvalue weighted by atomic mass is 10.2. The lowest BCUT2D eigenvalue weighted by Crippen LogP contribution is -2.15. The molecule has 0 spiro atoms. The maximum Gasteiger partial charge on any atom is 0.137 e. The highest BCUT2D eigenvalue weighted by atomic mass is 16.3. The minimum Gasteiger partial charge on any atom is -0.391 e. The summed E-state index contributed by atoms with van der Waals surface area (Å²) in [6, 6.07) is 0. The second-order valence-corrected chi connectivity index (χ2v) is 2.56. The van der Waals surface area contributed by atoms with Crippen LogP contribution in [0.15, 0.2) is 12.7 Å². The maximum atomic E-state index is 9.33. The third-order valence-electron chi connectivity index (χ3n) is 1.49. The van der Waals surface area contributed by atoms with Gasteiger partial charge in [-0.25, -0.2) is 4.98 Å². The Morgan fingerprint density at radius 1 is 1.64 bits per heavy atom. The Morgan fingerprint density at radius 2 is 2.45 bits per heavy atom. The smallest absolute Gasteiger partial charge is 0.137 e. The van der Waals surface area contributed by atoms with Gasteiger partial charge in [-0.3, -0.25) is 4.68 Å². The van der Waals surface area contributed by atoms with Crippen molar-refractivity contribution in [1.82, 2.24) is 14.8 Å². The number of nitrogens with zero attached hydrogens (tertiary/aromatic N) is 3. The number of rotatable bonds is 4. The first kappa shape index (κ1) is 8.20. The summed E-state index contributed by atoms with van der Waals surface area (Å²) in [5.41, 5.74) is 0. The molecule has 0 bridgehead atoms. The van der Waals surface area contributed by atoms with Crippen LogP contribution in [0.1, 0.15) is 19.8 Å². The van der Waals surface area contributed by atoms with E-state index in [1.807, 2.05) is 6.92 Å². The lowest BCUT2D eigenvalue weighted by Gasteiger charge is -2.07. The highest BCUT2D eigenvalue weighted by Crippen LogP contribution is 1.97. The normalized spacial score (nSPS) is 13.3. The van der Waals surface area contributed by atoms with E-state index in [0.29, 0.717) is 6.54 Å². The summed E-state index contributed by atoms with van der Waals surface area (Å²) < 4.78 is 1.64. The van der Waals surface area contributed by atoms with E-state index in [4.69, 9.17) is 0 Å². The van der Waals surface area contributed by atoms with Crippen LogP contribution in [0.25, 0.3) is 0 Å². The number of hydrogen-bond acceptors (Lipinski definition) is 3. The molecule has 1 atom stereocenters. The summed E-state index contributed by atoms with van der Waals surface area (Å²) in [6.45, 7) is 2.60. The van der Waals surface area contributed by atoms with Crippen LogP contribution < -0.4 is 0 Å². The van der Waals surface area contributed by atoms with Crippen LogP contribution in [-0.4, -0.2) is 26.0 Å². The van der Waals surface area contributed by atoms with E-state index < -0.39 is 0 Å². The molecule has 4 heteroatoms. The van der Waals surface area contributed by atoms with Crippen molar-refractivity contribution in [1.29, 1.82) is 0 Å². The molecule has 1 heterocycles. The average Bonchev–Trinajstić information content (AvgIpc) is 2.40. The van der Waals surface area contributed by atoms with Crippen LogP contribution in [0.5, 0.6) is 0 Å². The van der Waals surface area contributed by atoms with E-state index in [2.05, 4.69) is 10.1 Å². The Kier molecular flexibility index (Phi) is 3.04. The third-order valence-corrected chi connectivity index (χ3v) is 1.49. The Labute approximate surface area is 65.9 Å². The fourth-order valence-electron chi connectivity index (χ4n) is 0.967. The minimum atomic E-state index is -0.290. The van der Waals surface area contributed by atoms with Gasteiger partial charge in [-0.1, -0.05) is 13.3 Å². The molecule has 1 N–H and O–H groups in total. The van der Waals surface area contributed by atoms with Gasteiger partial charge in [0.25, 0.3) is 0 Å². The van der Waals surface area contributed by atoms with Crippen molar-refractivity contribution in [3.05, 3.63) is 12.7 Å². The van der Waals surface area contributed by atoms with Crippen LogP contribution in [0.3, 0.4) is 0 Å². The number of hydrogen-bond donors (Lipinski definition) is 1. The molecule has 1 aromatic heterocycles. The second kappa shape index (κ2) is 4.08. The van der Waals surface area contributed by atoms with Crippen molar-refractivity contribution in [3.63, 3.8) is 0 Å². The second-order valence-electron chi connectivity index (χ2n) is 2.56. The Balaban J connectivity index is 2.31. The van der Waals surface area contributed by atoms with Crippen LogP contribution >= 0.6 is 0 Å². The minimum absolute atomic E-state index is 0.290. The summed E-state index contributed by atoms with van der Waals surface area (Å²) >= 11 is 0. The van der Waals surface area contributed by atoms with Gasteiger partial charge in [0.15, 0.2) is 0 Å². The number of aliphatic hydroxyl groups excluding tert-OH is 1. The highest BCUT2D eigenvalue weighted by molar-refractivity contribution is 4.60. The topological polar surface area (TPSA) is 50.9 Å². The summed E-state index contributed by atoms with van der Waals surface area (Å²) in [4.78, 5) is 3.78. The molecule has 1 unspecified atom stereocenters. The molecule has 0 fully saturated rings. The van der Waals surface area contributed by atoms with E-state index in [9.17, 15) is 5.11 Å². The van der Waals surface area contributed by atoms with Crippen molar-refractivity contribution in [2.45, 2.75) is 32.4 Å². The van der Waals surface area contributed by atoms with Crippen molar-refractivity contribution < 1.29 is 5.11 Å². The van der Waals surface area contributed by atoms with Crippen molar-refractivity contribution >= 4 is 0 Å². The molecule has 0 aliphatic carbocycles. The van der Waals surface area contributed by atoms with Crippen LogP contribution in [0, 0.1) is 0 Å². The first-order valence-electron chi connectivity index (χ1n) is 3.83. The van der Waals surface area contributed by atoms with Gasteiger partial charge in [0.1, 0.15) is 12.7 Å². The summed E-state index contributed by atoms with van der Waals surface area (Å²) in [6.07, 6.45) is 4.61. The molecular weight excluding hydrogens is 142 g/mol. The summed E-state index contributed by atoms with van der Waals surface area (Å²) in [5.74, 6) is 0. The Morgan fingerprint density at radius 3 is 3.00 bits per heavy atom. The first-order chi connectivity index (χ1) is 5.33. The van der Waals surface area contributed by atoms with E-state index >= 15 is 0 Å². The lowest BCUT2D eigenvalue weighted by molar-refractivity contribution is 0.139. The van der Waals surface area contributed by atoms with E-state index in [0.717, 1.165) is 12.8 Å². The Hall–Kier alpha value is -0.900. The first-order valence-corrected chi connectivity index (χ1v) is 3.83. The predicted molar refractivity (Wildman–Crippen MR) is 40.9 cm³/mol. The van der Waals surface area contributed by atoms with E-state index in [-0.39, 0.29) is 6.10 Å². The van der Waals surface area contributed by atoms with E-state index in [1.165, 1.54) is 6.33 Å². The fourth-order valence-corrected chi connectivity index (χ4v) is 0.967. The standard InChI is InChI=1S/C7H13N3O/c1-2-3-7(11)4-10-6-8-5-9-10/h5-7,11H,2-4H2,1H3. The zero-order valence-corrected chi connectivity index (χ0v) is 6.64. The molecule has 11 heavy (non-hydrogen) atoms. The Bertz CT molecular complexity index is 186. The SMILES string of the molecule is CCCC(O)Cn1cncn1. The largest absolute Gasteiger partial charge is 0.391 e. The van der Waals surface area contributed by atoms with Crippen molar-refractivity contribution in [2.75, 3.05) is 0 Å². The van der Waals surface area contributed by atoms with Gasteiger partial charge in [-0.2, -0.15) is 5.10 Å². The van der Waals surface area contributed by atoms with Gasteiger partial charge in [0, 0.05) is 0 Å². The van der Waals surface area contributed by atoms with Crippen LogP contribution in [0.2, 0.25) is 0 Å². The van der Waals surface area contributed by atoms with Gasteiger partial charge in [-0.05, 0) is 6.42 Å². The fraction of sp³-hybridized carbons (Fsp3) is 0.714. The average molecular weight is 155 g/mol. The van der Waals surface area contributed by atoms with Crippen LogP contribution in [-0.2, 0) is 6.54 Å². The van der Waals surface area contributed by atoms with Gasteiger partial charge in [0.2, 0.25) is 0 Å². The molecule has 0 saturated carbocycles. The molecule has 0 aliphatic heterocycles. The molecule has 0 aromatic carbocycles. The van der Waals surface area contributed by atoms with Crippen LogP contribution in [0.4, 0.5) is 0 Å². The van der Waals surface area contributed by atoms with Gasteiger partial charge in [0.05, 0.1) is 12.6 Å². The molecule has 0 radical (unpaired) electrons. The molecule has 4 nitrogen and oxygen atoms in total.